The monoisotopic (exact) mass is 467 g/mol. The Morgan fingerprint density at radius 3 is 2.26 bits per heavy atom. The smallest absolute Gasteiger partial charge is 0.277 e. The van der Waals surface area contributed by atoms with Crippen LogP contribution in [0.25, 0.3) is 0 Å². The first kappa shape index (κ1) is 21.5. The van der Waals surface area contributed by atoms with Gasteiger partial charge in [0.2, 0.25) is 0 Å². The number of pyridine rings is 1. The number of carbonyl (C=O) groups is 1. The Morgan fingerprint density at radius 2 is 1.58 bits per heavy atom. The Kier molecular flexibility index (Phi) is 6.70. The van der Waals surface area contributed by atoms with E-state index in [9.17, 15) is 9.18 Å². The molecule has 8 heteroatoms. The lowest BCUT2D eigenvalue weighted by Crippen LogP contribution is -2.15. The zero-order valence-electron chi connectivity index (χ0n) is 16.8. The average molecular weight is 468 g/mol. The van der Waals surface area contributed by atoms with Crippen LogP contribution in [0.15, 0.2) is 85.8 Å². The van der Waals surface area contributed by atoms with Crippen molar-refractivity contribution in [1.29, 1.82) is 0 Å². The van der Waals surface area contributed by atoms with Gasteiger partial charge in [-0.25, -0.2) is 14.4 Å². The van der Waals surface area contributed by atoms with Crippen LogP contribution in [0.5, 0.6) is 0 Å². The summed E-state index contributed by atoms with van der Waals surface area (Å²) >= 11 is 4.23. The van der Waals surface area contributed by atoms with Crippen LogP contribution < -0.4 is 5.32 Å². The summed E-state index contributed by atoms with van der Waals surface area (Å²) < 4.78 is 13.3. The van der Waals surface area contributed by atoms with Gasteiger partial charge in [0.15, 0.2) is 5.13 Å². The molecule has 0 unspecified atom stereocenters. The Labute approximate surface area is 192 Å². The molecular formula is C23H18FN3OS3. The Hall–Kier alpha value is -2.68. The Morgan fingerprint density at radius 1 is 0.903 bits per heavy atom. The number of carbonyl (C=O) groups excluding carboxylic acids is 1. The molecule has 0 saturated carbocycles. The molecule has 4 rings (SSSR count). The van der Waals surface area contributed by atoms with Crippen molar-refractivity contribution in [2.45, 2.75) is 33.6 Å². The number of nitrogens with one attached hydrogen (secondary N) is 1. The molecule has 0 atom stereocenters. The lowest BCUT2D eigenvalue weighted by Gasteiger charge is -2.10. The minimum atomic E-state index is -0.328. The minimum absolute atomic E-state index is 0.301. The third-order valence-electron chi connectivity index (χ3n) is 4.17. The molecule has 156 valence electrons. The van der Waals surface area contributed by atoms with Crippen LogP contribution in [-0.2, 0) is 0 Å². The molecular weight excluding hydrogens is 449 g/mol. The van der Waals surface area contributed by atoms with Gasteiger partial charge in [0, 0.05) is 20.1 Å². The van der Waals surface area contributed by atoms with Crippen molar-refractivity contribution in [2.24, 2.45) is 0 Å². The van der Waals surface area contributed by atoms with E-state index in [1.807, 2.05) is 55.6 Å². The molecule has 2 aromatic carbocycles. The van der Waals surface area contributed by atoms with Gasteiger partial charge in [-0.3, -0.25) is 10.1 Å². The second-order valence-corrected chi connectivity index (χ2v) is 9.78. The highest BCUT2D eigenvalue weighted by Gasteiger charge is 2.18. The molecule has 1 N–H and O–H groups in total. The van der Waals surface area contributed by atoms with Gasteiger partial charge in [0.25, 0.3) is 5.91 Å². The Bertz CT molecular complexity index is 1210. The van der Waals surface area contributed by atoms with Crippen LogP contribution in [0, 0.1) is 19.7 Å². The van der Waals surface area contributed by atoms with E-state index in [2.05, 4.69) is 15.3 Å². The summed E-state index contributed by atoms with van der Waals surface area (Å²) in [5.41, 5.74) is 2.33. The topological polar surface area (TPSA) is 54.9 Å². The van der Waals surface area contributed by atoms with Crippen LogP contribution in [-0.4, -0.2) is 15.9 Å². The van der Waals surface area contributed by atoms with E-state index in [0.717, 1.165) is 15.5 Å². The predicted molar refractivity (Wildman–Crippen MR) is 125 cm³/mol. The van der Waals surface area contributed by atoms with Crippen LogP contribution in [0.3, 0.4) is 0 Å². The molecule has 0 spiro atoms. The zero-order valence-corrected chi connectivity index (χ0v) is 19.2. The van der Waals surface area contributed by atoms with Gasteiger partial charge in [0.05, 0.1) is 5.69 Å². The fourth-order valence-electron chi connectivity index (χ4n) is 2.65. The number of hydrogen-bond acceptors (Lipinski definition) is 6. The number of amides is 1. The largest absolute Gasteiger partial charge is 0.296 e. The highest BCUT2D eigenvalue weighted by atomic mass is 32.2. The number of hydrogen-bond donors (Lipinski definition) is 1. The summed E-state index contributed by atoms with van der Waals surface area (Å²) in [6, 6.07) is 18.1. The van der Waals surface area contributed by atoms with Crippen LogP contribution in [0.2, 0.25) is 0 Å². The number of nitrogens with zero attached hydrogens (tertiary/aromatic N) is 2. The number of thiazole rings is 1. The summed E-state index contributed by atoms with van der Waals surface area (Å²) in [6.07, 6.45) is 0. The molecule has 4 aromatic rings. The SMILES string of the molecule is Cc1ccc(Sc2ccc(Sc3ccc(F)cc3)c(C(=O)Nc3nc(C)cs3)n2)cc1. The normalized spacial score (nSPS) is 10.8. The first-order valence-electron chi connectivity index (χ1n) is 9.39. The molecule has 0 aliphatic carbocycles. The summed E-state index contributed by atoms with van der Waals surface area (Å²) in [7, 11) is 0. The maximum Gasteiger partial charge on any atom is 0.277 e. The molecule has 0 fully saturated rings. The van der Waals surface area contributed by atoms with Gasteiger partial charge in [0.1, 0.15) is 16.5 Å². The molecule has 0 bridgehead atoms. The standard InChI is InChI=1S/C23H18FN3OS3/c1-14-3-7-18(8-4-14)31-20-12-11-19(30-17-9-5-16(24)6-10-17)21(26-20)22(28)27-23-25-15(2)13-29-23/h3-13H,1-2H3,(H,25,27,28). The predicted octanol–water partition coefficient (Wildman–Crippen LogP) is 6.85. The molecule has 0 aliphatic rings. The molecule has 4 nitrogen and oxygen atoms in total. The van der Waals surface area contributed by atoms with Crippen molar-refractivity contribution in [3.8, 4) is 0 Å². The summed E-state index contributed by atoms with van der Waals surface area (Å²) in [6.45, 7) is 3.91. The van der Waals surface area contributed by atoms with Gasteiger partial charge < -0.3 is 0 Å². The van der Waals surface area contributed by atoms with Crippen LogP contribution in [0.4, 0.5) is 9.52 Å². The third kappa shape index (κ3) is 5.72. The molecule has 2 aromatic heterocycles. The van der Waals surface area contributed by atoms with E-state index in [1.54, 1.807) is 12.1 Å². The number of halogens is 1. The van der Waals surface area contributed by atoms with Crippen molar-refractivity contribution >= 4 is 45.9 Å². The van der Waals surface area contributed by atoms with Gasteiger partial charge >= 0.3 is 0 Å². The second kappa shape index (κ2) is 9.64. The zero-order chi connectivity index (χ0) is 21.8. The first-order valence-corrected chi connectivity index (χ1v) is 11.9. The van der Waals surface area contributed by atoms with Crippen molar-refractivity contribution in [2.75, 3.05) is 5.32 Å². The number of rotatable bonds is 6. The highest BCUT2D eigenvalue weighted by Crippen LogP contribution is 2.34. The maximum absolute atomic E-state index is 13.3. The molecule has 1 amide bonds. The fourth-order valence-corrected chi connectivity index (χ4v) is 5.02. The van der Waals surface area contributed by atoms with E-state index in [0.29, 0.717) is 20.7 Å². The Balaban J connectivity index is 1.64. The van der Waals surface area contributed by atoms with Gasteiger partial charge in [-0.2, -0.15) is 0 Å². The van der Waals surface area contributed by atoms with Crippen LogP contribution in [0.1, 0.15) is 21.7 Å². The first-order chi connectivity index (χ1) is 15.0. The van der Waals surface area contributed by atoms with Crippen molar-refractivity contribution < 1.29 is 9.18 Å². The number of aryl methyl sites for hydroxylation is 2. The molecule has 0 saturated heterocycles. The summed E-state index contributed by atoms with van der Waals surface area (Å²) in [5, 5.41) is 5.95. The number of anilines is 1. The highest BCUT2D eigenvalue weighted by molar-refractivity contribution is 7.99. The molecule has 31 heavy (non-hydrogen) atoms. The third-order valence-corrected chi connectivity index (χ3v) is 7.05. The molecule has 2 heterocycles. The average Bonchev–Trinajstić information content (AvgIpc) is 3.17. The van der Waals surface area contributed by atoms with E-state index in [-0.39, 0.29) is 11.7 Å². The van der Waals surface area contributed by atoms with E-state index in [1.165, 1.54) is 52.6 Å². The second-order valence-electron chi connectivity index (χ2n) is 6.72. The van der Waals surface area contributed by atoms with E-state index < -0.39 is 0 Å². The molecule has 0 radical (unpaired) electrons. The lowest BCUT2D eigenvalue weighted by atomic mass is 10.2. The van der Waals surface area contributed by atoms with Crippen molar-refractivity contribution in [3.05, 3.63) is 88.8 Å². The maximum atomic E-state index is 13.3. The van der Waals surface area contributed by atoms with Crippen molar-refractivity contribution in [3.63, 3.8) is 0 Å². The minimum Gasteiger partial charge on any atom is -0.296 e. The van der Waals surface area contributed by atoms with Crippen LogP contribution >= 0.6 is 34.9 Å². The number of aromatic nitrogens is 2. The summed E-state index contributed by atoms with van der Waals surface area (Å²) in [5.74, 6) is -0.630. The fraction of sp³-hybridized carbons (Fsp3) is 0.0870. The van der Waals surface area contributed by atoms with Gasteiger partial charge in [-0.1, -0.05) is 41.2 Å². The van der Waals surface area contributed by atoms with E-state index in [4.69, 9.17) is 0 Å². The molecule has 0 aliphatic heterocycles. The van der Waals surface area contributed by atoms with Gasteiger partial charge in [-0.05, 0) is 62.4 Å². The van der Waals surface area contributed by atoms with E-state index >= 15 is 0 Å². The van der Waals surface area contributed by atoms with Crippen molar-refractivity contribution in [1.82, 2.24) is 9.97 Å². The van der Waals surface area contributed by atoms with Gasteiger partial charge in [-0.15, -0.1) is 11.3 Å². The number of benzene rings is 2. The lowest BCUT2D eigenvalue weighted by molar-refractivity contribution is 0.101. The summed E-state index contributed by atoms with van der Waals surface area (Å²) in [4.78, 5) is 24.5. The quantitative estimate of drug-likeness (QED) is 0.336.